The Labute approximate surface area is 154 Å². The molecule has 2 N–H and O–H groups in total. The number of ether oxygens (including phenoxy) is 1. The largest absolute Gasteiger partial charge is 0.497 e. The van der Waals surface area contributed by atoms with E-state index in [1.54, 1.807) is 7.11 Å². The second kappa shape index (κ2) is 6.76. The zero-order valence-electron chi connectivity index (χ0n) is 15.5. The van der Waals surface area contributed by atoms with Crippen LogP contribution in [0.2, 0.25) is 0 Å². The van der Waals surface area contributed by atoms with Crippen LogP contribution >= 0.6 is 0 Å². The third-order valence-corrected chi connectivity index (χ3v) is 5.69. The molecule has 2 aliphatic heterocycles. The minimum atomic E-state index is -0.238. The van der Waals surface area contributed by atoms with Crippen molar-refractivity contribution in [3.8, 4) is 17.1 Å². The normalized spacial score (nSPS) is 19.1. The van der Waals surface area contributed by atoms with Crippen LogP contribution in [0.5, 0.6) is 5.75 Å². The van der Waals surface area contributed by atoms with Gasteiger partial charge in [0.1, 0.15) is 11.6 Å². The van der Waals surface area contributed by atoms with E-state index < -0.39 is 0 Å². The van der Waals surface area contributed by atoms with Crippen molar-refractivity contribution in [2.75, 3.05) is 26.7 Å². The van der Waals surface area contributed by atoms with Gasteiger partial charge in [0, 0.05) is 23.9 Å². The van der Waals surface area contributed by atoms with Crippen LogP contribution in [0.25, 0.3) is 11.4 Å². The lowest BCUT2D eigenvalue weighted by Crippen LogP contribution is -2.49. The van der Waals surface area contributed by atoms with Crippen LogP contribution < -0.4 is 10.1 Å². The Morgan fingerprint density at radius 3 is 2.88 bits per heavy atom. The van der Waals surface area contributed by atoms with E-state index in [9.17, 15) is 4.79 Å². The minimum absolute atomic E-state index is 0.238. The highest BCUT2D eigenvalue weighted by Gasteiger charge is 2.39. The summed E-state index contributed by atoms with van der Waals surface area (Å²) in [7, 11) is 1.66. The van der Waals surface area contributed by atoms with Gasteiger partial charge in [-0.3, -0.25) is 4.79 Å². The van der Waals surface area contributed by atoms with Crippen molar-refractivity contribution in [1.29, 1.82) is 0 Å². The van der Waals surface area contributed by atoms with E-state index in [-0.39, 0.29) is 11.3 Å². The van der Waals surface area contributed by atoms with E-state index >= 15 is 0 Å². The fourth-order valence-corrected chi connectivity index (χ4v) is 3.95. The number of carbonyl (C=O) groups is 1. The fraction of sp³-hybridized carbons (Fsp3) is 0.500. The predicted molar refractivity (Wildman–Crippen MR) is 99.9 cm³/mol. The number of H-pyrrole nitrogens is 1. The molecule has 3 heterocycles. The molecule has 6 heteroatoms. The number of methoxy groups -OCH3 is 1. The number of fused-ring (bicyclic) bond motifs is 1. The number of imidazole rings is 1. The van der Waals surface area contributed by atoms with Gasteiger partial charge in [0.05, 0.1) is 25.0 Å². The molecule has 0 bridgehead atoms. The highest BCUT2D eigenvalue weighted by molar-refractivity contribution is 5.82. The molecule has 26 heavy (non-hydrogen) atoms. The molecule has 138 valence electrons. The number of hydrogen-bond donors (Lipinski definition) is 2. The number of rotatable bonds is 3. The monoisotopic (exact) mass is 354 g/mol. The number of benzene rings is 1. The highest BCUT2D eigenvalue weighted by atomic mass is 16.5. The first-order chi connectivity index (χ1) is 12.6. The van der Waals surface area contributed by atoms with Crippen LogP contribution in [-0.4, -0.2) is 47.5 Å². The standard InChI is InChI=1S/C20H26N4O2/c1-20(7-9-21-10-8-20)19(25)24-11-6-16-17(13-24)23-18(22-16)14-4-3-5-15(12-14)26-2/h3-5,12,21H,6-11,13H2,1-2H3,(H,22,23). The van der Waals surface area contributed by atoms with Gasteiger partial charge in [-0.1, -0.05) is 19.1 Å². The maximum atomic E-state index is 13.1. The zero-order chi connectivity index (χ0) is 18.1. The Morgan fingerprint density at radius 1 is 1.31 bits per heavy atom. The van der Waals surface area contributed by atoms with Crippen LogP contribution in [0.15, 0.2) is 24.3 Å². The summed E-state index contributed by atoms with van der Waals surface area (Å²) < 4.78 is 5.31. The SMILES string of the molecule is COc1cccc(-c2nc3c([nH]2)CN(C(=O)C2(C)CCNCC2)CC3)c1. The molecule has 2 aromatic rings. The third kappa shape index (κ3) is 3.09. The van der Waals surface area contributed by atoms with E-state index in [1.807, 2.05) is 29.2 Å². The van der Waals surface area contributed by atoms with Crippen LogP contribution in [-0.2, 0) is 17.8 Å². The molecule has 1 fully saturated rings. The van der Waals surface area contributed by atoms with Crippen molar-refractivity contribution >= 4 is 5.91 Å². The van der Waals surface area contributed by atoms with Crippen molar-refractivity contribution < 1.29 is 9.53 Å². The number of amides is 1. The third-order valence-electron chi connectivity index (χ3n) is 5.69. The molecule has 6 nitrogen and oxygen atoms in total. The van der Waals surface area contributed by atoms with Crippen molar-refractivity contribution in [3.05, 3.63) is 35.7 Å². The van der Waals surface area contributed by atoms with Gasteiger partial charge in [0.25, 0.3) is 0 Å². The van der Waals surface area contributed by atoms with Crippen LogP contribution in [0, 0.1) is 5.41 Å². The number of piperidine rings is 1. The number of hydrogen-bond acceptors (Lipinski definition) is 4. The molecular weight excluding hydrogens is 328 g/mol. The topological polar surface area (TPSA) is 70.2 Å². The molecule has 0 radical (unpaired) electrons. The van der Waals surface area contributed by atoms with Crippen LogP contribution in [0.1, 0.15) is 31.2 Å². The Hall–Kier alpha value is -2.34. The van der Waals surface area contributed by atoms with E-state index in [0.29, 0.717) is 6.54 Å². The first-order valence-electron chi connectivity index (χ1n) is 9.31. The summed E-state index contributed by atoms with van der Waals surface area (Å²) in [4.78, 5) is 23.3. The summed E-state index contributed by atoms with van der Waals surface area (Å²) in [5, 5.41) is 3.35. The Bertz CT molecular complexity index is 808. The van der Waals surface area contributed by atoms with E-state index in [4.69, 9.17) is 9.72 Å². The fourth-order valence-electron chi connectivity index (χ4n) is 3.95. The molecule has 0 unspecified atom stereocenters. The second-order valence-electron chi connectivity index (χ2n) is 7.53. The van der Waals surface area contributed by atoms with Gasteiger partial charge < -0.3 is 19.9 Å². The quantitative estimate of drug-likeness (QED) is 0.888. The lowest BCUT2D eigenvalue weighted by atomic mass is 9.79. The van der Waals surface area contributed by atoms with Crippen LogP contribution in [0.4, 0.5) is 0 Å². The van der Waals surface area contributed by atoms with Gasteiger partial charge in [-0.05, 0) is 38.1 Å². The van der Waals surface area contributed by atoms with Gasteiger partial charge >= 0.3 is 0 Å². The number of nitrogens with zero attached hydrogens (tertiary/aromatic N) is 2. The van der Waals surface area contributed by atoms with Gasteiger partial charge in [-0.2, -0.15) is 0 Å². The van der Waals surface area contributed by atoms with Gasteiger partial charge in [0.2, 0.25) is 5.91 Å². The Morgan fingerprint density at radius 2 is 2.12 bits per heavy atom. The minimum Gasteiger partial charge on any atom is -0.497 e. The maximum absolute atomic E-state index is 13.1. The molecule has 1 aromatic heterocycles. The highest BCUT2D eigenvalue weighted by Crippen LogP contribution is 2.33. The average molecular weight is 354 g/mol. The summed E-state index contributed by atoms with van der Waals surface area (Å²) in [6.07, 6.45) is 2.62. The summed E-state index contributed by atoms with van der Waals surface area (Å²) >= 11 is 0. The molecule has 2 aliphatic rings. The molecule has 0 atom stereocenters. The lowest BCUT2D eigenvalue weighted by Gasteiger charge is -2.38. The number of carbonyl (C=O) groups excluding carboxylic acids is 1. The Kier molecular flexibility index (Phi) is 4.44. The number of aromatic amines is 1. The molecule has 1 aromatic carbocycles. The van der Waals surface area contributed by atoms with Crippen molar-refractivity contribution in [2.45, 2.75) is 32.7 Å². The molecule has 0 saturated carbocycles. The molecule has 1 amide bonds. The molecule has 0 spiro atoms. The summed E-state index contributed by atoms with van der Waals surface area (Å²) in [6.45, 7) is 5.32. The number of aromatic nitrogens is 2. The van der Waals surface area contributed by atoms with Crippen molar-refractivity contribution in [3.63, 3.8) is 0 Å². The van der Waals surface area contributed by atoms with Gasteiger partial charge in [0.15, 0.2) is 0 Å². The first-order valence-corrected chi connectivity index (χ1v) is 9.31. The molecular formula is C20H26N4O2. The Balaban J connectivity index is 1.54. The predicted octanol–water partition coefficient (Wildman–Crippen LogP) is 2.36. The second-order valence-corrected chi connectivity index (χ2v) is 7.53. The molecule has 0 aliphatic carbocycles. The lowest BCUT2D eigenvalue weighted by molar-refractivity contribution is -0.143. The summed E-state index contributed by atoms with van der Waals surface area (Å²) in [6, 6.07) is 7.88. The smallest absolute Gasteiger partial charge is 0.228 e. The summed E-state index contributed by atoms with van der Waals surface area (Å²) in [5.41, 5.74) is 2.89. The molecule has 4 rings (SSSR count). The average Bonchev–Trinajstić information content (AvgIpc) is 3.11. The maximum Gasteiger partial charge on any atom is 0.228 e. The van der Waals surface area contributed by atoms with Crippen molar-refractivity contribution in [2.24, 2.45) is 5.41 Å². The van der Waals surface area contributed by atoms with Gasteiger partial charge in [-0.15, -0.1) is 0 Å². The van der Waals surface area contributed by atoms with E-state index in [0.717, 1.165) is 67.4 Å². The van der Waals surface area contributed by atoms with E-state index in [1.165, 1.54) is 0 Å². The van der Waals surface area contributed by atoms with Crippen molar-refractivity contribution in [1.82, 2.24) is 20.2 Å². The van der Waals surface area contributed by atoms with E-state index in [2.05, 4.69) is 17.2 Å². The first kappa shape index (κ1) is 17.1. The molecule has 1 saturated heterocycles. The summed E-state index contributed by atoms with van der Waals surface area (Å²) in [5.74, 6) is 1.94. The van der Waals surface area contributed by atoms with Gasteiger partial charge in [-0.25, -0.2) is 4.98 Å². The van der Waals surface area contributed by atoms with Crippen LogP contribution in [0.3, 0.4) is 0 Å². The number of nitrogens with one attached hydrogen (secondary N) is 2. The zero-order valence-corrected chi connectivity index (χ0v) is 15.5.